The average molecular weight is 488 g/mol. The van der Waals surface area contributed by atoms with Crippen molar-refractivity contribution in [2.45, 2.75) is 44.6 Å². The van der Waals surface area contributed by atoms with Crippen LogP contribution in [0.25, 0.3) is 0 Å². The van der Waals surface area contributed by atoms with Crippen molar-refractivity contribution < 1.29 is 14.6 Å². The van der Waals surface area contributed by atoms with Gasteiger partial charge in [0.05, 0.1) is 32.1 Å². The van der Waals surface area contributed by atoms with Crippen molar-refractivity contribution in [2.75, 3.05) is 57.9 Å². The number of rotatable bonds is 8. The Hall–Kier alpha value is -0.720. The molecular formula is C25H40Cl2N2O3. The molecule has 0 amide bonds. The topological polar surface area (TPSA) is 45.2 Å². The molecule has 1 aromatic carbocycles. The molecule has 5 aliphatic rings. The lowest BCUT2D eigenvalue weighted by atomic mass is 9.50. The Bertz CT molecular complexity index is 692. The number of halogens is 2. The van der Waals surface area contributed by atoms with Crippen LogP contribution in [0.15, 0.2) is 24.3 Å². The normalized spacial score (nSPS) is 32.2. The molecule has 4 aliphatic carbocycles. The molecule has 1 saturated heterocycles. The Kier molecular flexibility index (Phi) is 9.01. The summed E-state index contributed by atoms with van der Waals surface area (Å²) >= 11 is 0. The highest BCUT2D eigenvalue weighted by molar-refractivity contribution is 5.85. The molecule has 1 heterocycles. The van der Waals surface area contributed by atoms with E-state index in [1.165, 1.54) is 44.2 Å². The molecule has 182 valence electrons. The Morgan fingerprint density at radius 2 is 1.56 bits per heavy atom. The van der Waals surface area contributed by atoms with E-state index < -0.39 is 6.10 Å². The zero-order valence-electron chi connectivity index (χ0n) is 19.3. The Morgan fingerprint density at radius 3 is 2.16 bits per heavy atom. The van der Waals surface area contributed by atoms with Gasteiger partial charge in [-0.2, -0.15) is 0 Å². The Morgan fingerprint density at radius 1 is 0.969 bits per heavy atom. The van der Waals surface area contributed by atoms with E-state index in [4.69, 9.17) is 9.47 Å². The van der Waals surface area contributed by atoms with Gasteiger partial charge >= 0.3 is 0 Å². The largest absolute Gasteiger partial charge is 0.495 e. The average Bonchev–Trinajstić information content (AvgIpc) is 2.73. The maximum absolute atomic E-state index is 10.6. The second-order valence-corrected chi connectivity index (χ2v) is 10.5. The minimum absolute atomic E-state index is 0. The van der Waals surface area contributed by atoms with Crippen molar-refractivity contribution in [3.05, 3.63) is 24.3 Å². The van der Waals surface area contributed by atoms with E-state index in [9.17, 15) is 5.11 Å². The summed E-state index contributed by atoms with van der Waals surface area (Å²) in [7, 11) is 1.73. The van der Waals surface area contributed by atoms with Crippen LogP contribution in [-0.2, 0) is 4.74 Å². The van der Waals surface area contributed by atoms with Crippen LogP contribution >= 0.6 is 24.8 Å². The molecule has 32 heavy (non-hydrogen) atoms. The van der Waals surface area contributed by atoms with Crippen LogP contribution in [0.3, 0.4) is 0 Å². The Balaban J connectivity index is 0.00000144. The van der Waals surface area contributed by atoms with Gasteiger partial charge in [-0.05, 0) is 73.8 Å². The summed E-state index contributed by atoms with van der Waals surface area (Å²) in [6.07, 6.45) is 8.16. The third-order valence-electron chi connectivity index (χ3n) is 8.15. The van der Waals surface area contributed by atoms with Crippen molar-refractivity contribution in [1.29, 1.82) is 0 Å². The third-order valence-corrected chi connectivity index (χ3v) is 8.15. The van der Waals surface area contributed by atoms with Gasteiger partial charge < -0.3 is 19.5 Å². The predicted molar refractivity (Wildman–Crippen MR) is 134 cm³/mol. The van der Waals surface area contributed by atoms with Gasteiger partial charge in [0.15, 0.2) is 0 Å². The van der Waals surface area contributed by atoms with Gasteiger partial charge in [-0.1, -0.05) is 12.1 Å². The maximum Gasteiger partial charge on any atom is 0.142 e. The van der Waals surface area contributed by atoms with E-state index in [0.29, 0.717) is 18.6 Å². The molecule has 1 aromatic rings. The molecule has 6 rings (SSSR count). The summed E-state index contributed by atoms with van der Waals surface area (Å²) in [6, 6.07) is 8.22. The van der Waals surface area contributed by atoms with Crippen LogP contribution in [-0.4, -0.2) is 69.2 Å². The van der Waals surface area contributed by atoms with Crippen LogP contribution in [0.2, 0.25) is 0 Å². The minimum atomic E-state index is -0.392. The molecule has 4 bridgehead atoms. The van der Waals surface area contributed by atoms with E-state index in [-0.39, 0.29) is 24.8 Å². The first-order valence-corrected chi connectivity index (χ1v) is 12.0. The molecule has 0 spiro atoms. The molecular weight excluding hydrogens is 447 g/mol. The SMILES string of the molecule is COc1ccccc1N1CCN(CC(O)COCC23CC4CC(CC(C4)C2)C3)CC1.Cl.Cl. The number of aliphatic hydroxyl groups is 1. The van der Waals surface area contributed by atoms with Gasteiger partial charge in [0.25, 0.3) is 0 Å². The number of benzene rings is 1. The monoisotopic (exact) mass is 486 g/mol. The van der Waals surface area contributed by atoms with Crippen LogP contribution in [0.5, 0.6) is 5.75 Å². The van der Waals surface area contributed by atoms with E-state index in [1.807, 2.05) is 12.1 Å². The van der Waals surface area contributed by atoms with Gasteiger partial charge in [-0.3, -0.25) is 4.90 Å². The minimum Gasteiger partial charge on any atom is -0.495 e. The highest BCUT2D eigenvalue weighted by Gasteiger charge is 2.50. The zero-order chi connectivity index (χ0) is 20.6. The number of aliphatic hydroxyl groups excluding tert-OH is 1. The second kappa shape index (κ2) is 11.1. The number of hydrogen-bond acceptors (Lipinski definition) is 5. The summed E-state index contributed by atoms with van der Waals surface area (Å²) in [5, 5.41) is 10.6. The molecule has 1 aliphatic heterocycles. The summed E-state index contributed by atoms with van der Waals surface area (Å²) in [6.45, 7) is 5.90. The number of nitrogens with zero attached hydrogens (tertiary/aromatic N) is 2. The highest BCUT2D eigenvalue weighted by Crippen LogP contribution is 2.60. The van der Waals surface area contributed by atoms with Gasteiger partial charge in [-0.25, -0.2) is 0 Å². The lowest BCUT2D eigenvalue weighted by Crippen LogP contribution is -2.50. The fourth-order valence-electron chi connectivity index (χ4n) is 7.29. The van der Waals surface area contributed by atoms with Crippen molar-refractivity contribution in [2.24, 2.45) is 23.2 Å². The number of β-amino-alcohol motifs (C(OH)–C–C–N with tert-alkyl or cyclic N) is 1. The standard InChI is InChI=1S/C25H38N2O3.2ClH/c1-29-24-5-3-2-4-23(24)27-8-6-26(7-9-27)16-22(28)17-30-18-25-13-19-10-20(14-25)12-21(11-19)15-25;;/h2-5,19-22,28H,6-18H2,1H3;2*1H. The summed E-state index contributed by atoms with van der Waals surface area (Å²) < 4.78 is 11.6. The number of para-hydroxylation sites is 2. The van der Waals surface area contributed by atoms with Crippen LogP contribution in [0.1, 0.15) is 38.5 Å². The lowest BCUT2D eigenvalue weighted by Gasteiger charge is -2.56. The number of anilines is 1. The second-order valence-electron chi connectivity index (χ2n) is 10.5. The smallest absolute Gasteiger partial charge is 0.142 e. The van der Waals surface area contributed by atoms with Gasteiger partial charge in [0.2, 0.25) is 0 Å². The Labute approximate surface area is 205 Å². The number of hydrogen-bond donors (Lipinski definition) is 1. The predicted octanol–water partition coefficient (Wildman–Crippen LogP) is 4.25. The molecule has 1 N–H and O–H groups in total. The van der Waals surface area contributed by atoms with Crippen molar-refractivity contribution >= 4 is 30.5 Å². The first-order chi connectivity index (χ1) is 14.6. The molecule has 5 nitrogen and oxygen atoms in total. The van der Waals surface area contributed by atoms with Crippen LogP contribution in [0.4, 0.5) is 5.69 Å². The molecule has 4 saturated carbocycles. The number of piperazine rings is 1. The lowest BCUT2D eigenvalue weighted by molar-refractivity contribution is -0.107. The third kappa shape index (κ3) is 5.67. The summed E-state index contributed by atoms with van der Waals surface area (Å²) in [5.74, 6) is 3.82. The first-order valence-electron chi connectivity index (χ1n) is 12.0. The van der Waals surface area contributed by atoms with Gasteiger partial charge in [0.1, 0.15) is 5.75 Å². The first kappa shape index (κ1) is 25.9. The highest BCUT2D eigenvalue weighted by atomic mass is 35.5. The fourth-order valence-corrected chi connectivity index (χ4v) is 7.29. The summed E-state index contributed by atoms with van der Waals surface area (Å²) in [5.41, 5.74) is 1.61. The van der Waals surface area contributed by atoms with E-state index in [1.54, 1.807) is 7.11 Å². The van der Waals surface area contributed by atoms with Crippen molar-refractivity contribution in [3.63, 3.8) is 0 Å². The van der Waals surface area contributed by atoms with Crippen LogP contribution in [0, 0.1) is 23.2 Å². The molecule has 1 unspecified atom stereocenters. The fraction of sp³-hybridized carbons (Fsp3) is 0.760. The maximum atomic E-state index is 10.6. The quantitative estimate of drug-likeness (QED) is 0.594. The molecule has 1 atom stereocenters. The van der Waals surface area contributed by atoms with Crippen LogP contribution < -0.4 is 9.64 Å². The molecule has 0 radical (unpaired) electrons. The number of methoxy groups -OCH3 is 1. The molecule has 5 fully saturated rings. The van der Waals surface area contributed by atoms with E-state index in [0.717, 1.165) is 56.3 Å². The van der Waals surface area contributed by atoms with E-state index in [2.05, 4.69) is 21.9 Å². The zero-order valence-corrected chi connectivity index (χ0v) is 20.9. The molecule has 7 heteroatoms. The van der Waals surface area contributed by atoms with Crippen molar-refractivity contribution in [3.8, 4) is 5.75 Å². The van der Waals surface area contributed by atoms with Crippen molar-refractivity contribution in [1.82, 2.24) is 4.90 Å². The van der Waals surface area contributed by atoms with E-state index >= 15 is 0 Å². The number of ether oxygens (including phenoxy) is 2. The summed E-state index contributed by atoms with van der Waals surface area (Å²) in [4.78, 5) is 4.75. The molecule has 0 aromatic heterocycles. The van der Waals surface area contributed by atoms with Gasteiger partial charge in [0, 0.05) is 32.7 Å². The van der Waals surface area contributed by atoms with Gasteiger partial charge in [-0.15, -0.1) is 24.8 Å².